The second kappa shape index (κ2) is 6.46. The van der Waals surface area contributed by atoms with Crippen LogP contribution >= 0.6 is 0 Å². The van der Waals surface area contributed by atoms with Crippen molar-refractivity contribution in [1.29, 1.82) is 0 Å². The van der Waals surface area contributed by atoms with E-state index in [4.69, 9.17) is 0 Å². The summed E-state index contributed by atoms with van der Waals surface area (Å²) in [4.78, 5) is 13.8. The highest BCUT2D eigenvalue weighted by Crippen LogP contribution is 2.31. The van der Waals surface area contributed by atoms with Crippen LogP contribution < -0.4 is 0 Å². The standard InChI is InChI=1S/C13H18F3N3O2/c1-2-21-12(20)10-9-19(17-11(10)13(14,15)16)8-7-18-5-3-4-6-18/h9H,2-8H2,1H3. The van der Waals surface area contributed by atoms with Gasteiger partial charge in [0.25, 0.3) is 0 Å². The van der Waals surface area contributed by atoms with Gasteiger partial charge in [-0.25, -0.2) is 4.79 Å². The van der Waals surface area contributed by atoms with E-state index in [1.807, 2.05) is 0 Å². The minimum absolute atomic E-state index is 0.0229. The number of nitrogens with zero attached hydrogens (tertiary/aromatic N) is 3. The van der Waals surface area contributed by atoms with Crippen LogP contribution in [0.25, 0.3) is 0 Å². The highest BCUT2D eigenvalue weighted by atomic mass is 19.4. The smallest absolute Gasteiger partial charge is 0.436 e. The molecule has 1 fully saturated rings. The highest BCUT2D eigenvalue weighted by molar-refractivity contribution is 5.90. The SMILES string of the molecule is CCOC(=O)c1cn(CCN2CCCC2)nc1C(F)(F)F. The Morgan fingerprint density at radius 3 is 2.57 bits per heavy atom. The van der Waals surface area contributed by atoms with Gasteiger partial charge < -0.3 is 9.64 Å². The molecule has 0 spiro atoms. The second-order valence-electron chi connectivity index (χ2n) is 4.92. The summed E-state index contributed by atoms with van der Waals surface area (Å²) in [6.45, 7) is 4.43. The summed E-state index contributed by atoms with van der Waals surface area (Å²) in [5.41, 5.74) is -1.70. The summed E-state index contributed by atoms with van der Waals surface area (Å²) < 4.78 is 44.6. The van der Waals surface area contributed by atoms with Gasteiger partial charge in [-0.2, -0.15) is 18.3 Å². The molecule has 0 unspecified atom stereocenters. The summed E-state index contributed by atoms with van der Waals surface area (Å²) in [7, 11) is 0. The van der Waals surface area contributed by atoms with Gasteiger partial charge in [0.05, 0.1) is 13.2 Å². The quantitative estimate of drug-likeness (QED) is 0.782. The lowest BCUT2D eigenvalue weighted by molar-refractivity contribution is -0.142. The van der Waals surface area contributed by atoms with E-state index in [2.05, 4.69) is 14.7 Å². The molecule has 0 bridgehead atoms. The van der Waals surface area contributed by atoms with Gasteiger partial charge in [-0.1, -0.05) is 0 Å². The van der Waals surface area contributed by atoms with Crippen LogP contribution in [-0.2, 0) is 17.5 Å². The first kappa shape index (κ1) is 15.8. The zero-order chi connectivity index (χ0) is 15.5. The van der Waals surface area contributed by atoms with Crippen LogP contribution in [0.1, 0.15) is 35.8 Å². The van der Waals surface area contributed by atoms with E-state index in [-0.39, 0.29) is 6.61 Å². The lowest BCUT2D eigenvalue weighted by Crippen LogP contribution is -2.24. The van der Waals surface area contributed by atoms with Crippen LogP contribution in [0, 0.1) is 0 Å². The van der Waals surface area contributed by atoms with E-state index >= 15 is 0 Å². The molecule has 0 aliphatic carbocycles. The van der Waals surface area contributed by atoms with Crippen LogP contribution in [0.4, 0.5) is 13.2 Å². The van der Waals surface area contributed by atoms with E-state index in [1.54, 1.807) is 6.92 Å². The van der Waals surface area contributed by atoms with Gasteiger partial charge >= 0.3 is 12.1 Å². The Hall–Kier alpha value is -1.57. The number of halogens is 3. The van der Waals surface area contributed by atoms with E-state index < -0.39 is 23.4 Å². The molecular weight excluding hydrogens is 287 g/mol. The van der Waals surface area contributed by atoms with Gasteiger partial charge in [-0.15, -0.1) is 0 Å². The van der Waals surface area contributed by atoms with Gasteiger partial charge in [-0.3, -0.25) is 4.68 Å². The molecule has 2 heterocycles. The molecule has 118 valence electrons. The molecular formula is C13H18F3N3O2. The van der Waals surface area contributed by atoms with Crippen molar-refractivity contribution >= 4 is 5.97 Å². The van der Waals surface area contributed by atoms with Crippen molar-refractivity contribution in [1.82, 2.24) is 14.7 Å². The third kappa shape index (κ3) is 3.96. The number of aromatic nitrogens is 2. The molecule has 1 aromatic rings. The molecule has 1 aliphatic heterocycles. The molecule has 5 nitrogen and oxygen atoms in total. The molecule has 0 amide bonds. The maximum Gasteiger partial charge on any atom is 0.436 e. The van der Waals surface area contributed by atoms with Gasteiger partial charge in [0.2, 0.25) is 0 Å². The van der Waals surface area contributed by atoms with Crippen molar-refractivity contribution in [2.24, 2.45) is 0 Å². The molecule has 1 aliphatic rings. The normalized spacial score (nSPS) is 16.4. The van der Waals surface area contributed by atoms with Gasteiger partial charge in [0.1, 0.15) is 5.56 Å². The number of ether oxygens (including phenoxy) is 1. The number of carbonyl (C=O) groups is 1. The number of alkyl halides is 3. The molecule has 0 radical (unpaired) electrons. The van der Waals surface area contributed by atoms with Crippen LogP contribution in [-0.4, -0.2) is 46.9 Å². The molecule has 0 aromatic carbocycles. The average Bonchev–Trinajstić information content (AvgIpc) is 3.05. The minimum Gasteiger partial charge on any atom is -0.462 e. The first-order chi connectivity index (χ1) is 9.91. The number of carbonyl (C=O) groups excluding carboxylic acids is 1. The summed E-state index contributed by atoms with van der Waals surface area (Å²) in [6.07, 6.45) is -1.32. The molecule has 8 heteroatoms. The molecule has 1 saturated heterocycles. The molecule has 0 atom stereocenters. The predicted octanol–water partition coefficient (Wildman–Crippen LogP) is 2.17. The van der Waals surface area contributed by atoms with Gasteiger partial charge in [-0.05, 0) is 32.9 Å². The van der Waals surface area contributed by atoms with Crippen LogP contribution in [0.15, 0.2) is 6.20 Å². The van der Waals surface area contributed by atoms with E-state index in [1.165, 1.54) is 4.68 Å². The first-order valence-electron chi connectivity index (χ1n) is 6.96. The number of hydrogen-bond donors (Lipinski definition) is 0. The van der Waals surface area contributed by atoms with Crippen molar-refractivity contribution in [2.45, 2.75) is 32.5 Å². The molecule has 0 N–H and O–H groups in total. The zero-order valence-electron chi connectivity index (χ0n) is 11.8. The zero-order valence-corrected chi connectivity index (χ0v) is 11.8. The van der Waals surface area contributed by atoms with Crippen LogP contribution in [0.3, 0.4) is 0 Å². The van der Waals surface area contributed by atoms with Crippen molar-refractivity contribution < 1.29 is 22.7 Å². The van der Waals surface area contributed by atoms with Crippen molar-refractivity contribution in [3.05, 3.63) is 17.5 Å². The van der Waals surface area contributed by atoms with Gasteiger partial charge in [0, 0.05) is 12.7 Å². The Morgan fingerprint density at radius 2 is 2.00 bits per heavy atom. The maximum absolute atomic E-state index is 12.9. The fourth-order valence-electron chi connectivity index (χ4n) is 2.35. The summed E-state index contributed by atoms with van der Waals surface area (Å²) in [5, 5.41) is 3.51. The van der Waals surface area contributed by atoms with Crippen LogP contribution in [0.5, 0.6) is 0 Å². The number of esters is 1. The average molecular weight is 305 g/mol. The predicted molar refractivity (Wildman–Crippen MR) is 68.9 cm³/mol. The maximum atomic E-state index is 12.9. The number of likely N-dealkylation sites (tertiary alicyclic amines) is 1. The third-order valence-corrected chi connectivity index (χ3v) is 3.37. The molecule has 0 saturated carbocycles. The Bertz CT molecular complexity index is 493. The monoisotopic (exact) mass is 305 g/mol. The molecule has 21 heavy (non-hydrogen) atoms. The summed E-state index contributed by atoms with van der Waals surface area (Å²) in [5.74, 6) is -0.989. The van der Waals surface area contributed by atoms with E-state index in [0.29, 0.717) is 13.1 Å². The minimum atomic E-state index is -4.67. The fourth-order valence-corrected chi connectivity index (χ4v) is 2.35. The number of hydrogen-bond acceptors (Lipinski definition) is 4. The topological polar surface area (TPSA) is 47.4 Å². The summed E-state index contributed by atoms with van der Waals surface area (Å²) >= 11 is 0. The highest BCUT2D eigenvalue weighted by Gasteiger charge is 2.39. The Morgan fingerprint density at radius 1 is 1.33 bits per heavy atom. The fraction of sp³-hybridized carbons (Fsp3) is 0.692. The second-order valence-corrected chi connectivity index (χ2v) is 4.92. The van der Waals surface area contributed by atoms with Crippen molar-refractivity contribution in [3.63, 3.8) is 0 Å². The Kier molecular flexibility index (Phi) is 4.87. The Balaban J connectivity index is 2.13. The van der Waals surface area contributed by atoms with Crippen LogP contribution in [0.2, 0.25) is 0 Å². The summed E-state index contributed by atoms with van der Waals surface area (Å²) in [6, 6.07) is 0. The van der Waals surface area contributed by atoms with Gasteiger partial charge in [0.15, 0.2) is 5.69 Å². The van der Waals surface area contributed by atoms with Crippen molar-refractivity contribution in [3.8, 4) is 0 Å². The first-order valence-corrected chi connectivity index (χ1v) is 6.96. The lowest BCUT2D eigenvalue weighted by atomic mass is 10.2. The lowest BCUT2D eigenvalue weighted by Gasteiger charge is -2.13. The van der Waals surface area contributed by atoms with E-state index in [0.717, 1.165) is 32.1 Å². The number of rotatable bonds is 5. The van der Waals surface area contributed by atoms with Crippen molar-refractivity contribution in [2.75, 3.05) is 26.2 Å². The molecule has 1 aromatic heterocycles. The largest absolute Gasteiger partial charge is 0.462 e. The van der Waals surface area contributed by atoms with E-state index in [9.17, 15) is 18.0 Å². The third-order valence-electron chi connectivity index (χ3n) is 3.37. The Labute approximate surface area is 120 Å². The molecule has 2 rings (SSSR count).